The Morgan fingerprint density at radius 2 is 1.85 bits per heavy atom. The van der Waals surface area contributed by atoms with Crippen molar-refractivity contribution in [3.63, 3.8) is 0 Å². The molecule has 5 rings (SSSR count). The zero-order valence-corrected chi connectivity index (χ0v) is 19.4. The van der Waals surface area contributed by atoms with Gasteiger partial charge in [-0.1, -0.05) is 34.8 Å². The highest BCUT2D eigenvalue weighted by Gasteiger charge is 2.30. The number of benzene rings is 1. The van der Waals surface area contributed by atoms with Crippen LogP contribution in [0.5, 0.6) is 0 Å². The molecule has 9 heteroatoms. The number of carbonyl (C=O) groups is 2. The molecule has 0 bridgehead atoms. The number of hydrogen-bond donors (Lipinski definition) is 1. The summed E-state index contributed by atoms with van der Waals surface area (Å²) in [6, 6.07) is 4.58. The van der Waals surface area contributed by atoms with Crippen LogP contribution < -0.4 is 0 Å². The number of carboxylic acids is 1. The third-order valence-corrected chi connectivity index (χ3v) is 6.78. The third-order valence-electron chi connectivity index (χ3n) is 6.21. The van der Waals surface area contributed by atoms with Gasteiger partial charge in [0.2, 0.25) is 0 Å². The normalized spacial score (nSPS) is 13.9. The molecule has 1 aliphatic carbocycles. The van der Waals surface area contributed by atoms with Crippen LogP contribution in [-0.4, -0.2) is 31.6 Å². The summed E-state index contributed by atoms with van der Waals surface area (Å²) in [5.41, 5.74) is 4.34. The van der Waals surface area contributed by atoms with E-state index < -0.39 is 5.97 Å². The van der Waals surface area contributed by atoms with E-state index in [2.05, 4.69) is 10.1 Å². The molecule has 0 aliphatic heterocycles. The average Bonchev–Trinajstić information content (AvgIpc) is 3.25. The van der Waals surface area contributed by atoms with Crippen LogP contribution in [0.25, 0.3) is 27.8 Å². The van der Waals surface area contributed by atoms with E-state index in [1.807, 2.05) is 19.9 Å². The van der Waals surface area contributed by atoms with E-state index >= 15 is 0 Å². The number of aromatic nitrogens is 3. The van der Waals surface area contributed by atoms with Crippen molar-refractivity contribution in [3.8, 4) is 16.8 Å². The fraction of sp³-hybridized carbons (Fsp3) is 0.250. The van der Waals surface area contributed by atoms with E-state index in [9.17, 15) is 14.7 Å². The molecule has 3 aromatic heterocycles. The van der Waals surface area contributed by atoms with Crippen molar-refractivity contribution in [1.29, 1.82) is 0 Å². The molecule has 3 heterocycles. The van der Waals surface area contributed by atoms with Crippen LogP contribution in [0, 0.1) is 19.8 Å². The first kappa shape index (κ1) is 21.7. The van der Waals surface area contributed by atoms with E-state index in [4.69, 9.17) is 27.7 Å². The number of aryl methyl sites for hydroxylation is 2. The van der Waals surface area contributed by atoms with Gasteiger partial charge in [-0.2, -0.15) is 0 Å². The molecule has 0 radical (unpaired) electrons. The first-order chi connectivity index (χ1) is 15.8. The smallest absolute Gasteiger partial charge is 0.335 e. The maximum atomic E-state index is 13.2. The predicted octanol–water partition coefficient (Wildman–Crippen LogP) is 6.29. The van der Waals surface area contributed by atoms with Gasteiger partial charge in [-0.05, 0) is 44.9 Å². The lowest BCUT2D eigenvalue weighted by molar-refractivity contribution is 0.0696. The first-order valence-corrected chi connectivity index (χ1v) is 11.2. The molecule has 7 nitrogen and oxygen atoms in total. The van der Waals surface area contributed by atoms with Crippen LogP contribution >= 0.6 is 23.2 Å². The summed E-state index contributed by atoms with van der Waals surface area (Å²) in [5.74, 6) is -0.462. The number of aromatic carboxylic acids is 1. The number of rotatable bonds is 5. The molecule has 1 aliphatic rings. The highest BCUT2D eigenvalue weighted by molar-refractivity contribution is 6.38. The van der Waals surface area contributed by atoms with Crippen molar-refractivity contribution in [2.24, 2.45) is 5.92 Å². The Morgan fingerprint density at radius 1 is 1.15 bits per heavy atom. The fourth-order valence-corrected chi connectivity index (χ4v) is 4.98. The number of halogens is 2. The molecule has 0 atom stereocenters. The van der Waals surface area contributed by atoms with Crippen molar-refractivity contribution in [3.05, 3.63) is 63.2 Å². The zero-order chi connectivity index (χ0) is 23.4. The number of ketones is 1. The number of fused-ring (bicyclic) bond motifs is 1. The maximum absolute atomic E-state index is 13.2. The van der Waals surface area contributed by atoms with Gasteiger partial charge in [-0.25, -0.2) is 4.79 Å². The van der Waals surface area contributed by atoms with Gasteiger partial charge in [0.05, 0.1) is 43.6 Å². The second-order valence-electron chi connectivity index (χ2n) is 8.29. The Bertz CT molecular complexity index is 1410. The largest absolute Gasteiger partial charge is 0.478 e. The van der Waals surface area contributed by atoms with Gasteiger partial charge in [-0.3, -0.25) is 9.78 Å². The Balaban J connectivity index is 1.78. The van der Waals surface area contributed by atoms with Crippen LogP contribution in [0.15, 0.2) is 35.1 Å². The summed E-state index contributed by atoms with van der Waals surface area (Å²) >= 11 is 13.0. The number of nitrogens with zero attached hydrogens (tertiary/aromatic N) is 3. The maximum Gasteiger partial charge on any atom is 0.335 e. The Hall–Kier alpha value is -3.16. The van der Waals surface area contributed by atoms with Gasteiger partial charge in [0.1, 0.15) is 5.76 Å². The van der Waals surface area contributed by atoms with Crippen LogP contribution in [0.4, 0.5) is 0 Å². The summed E-state index contributed by atoms with van der Waals surface area (Å²) < 4.78 is 7.03. The van der Waals surface area contributed by atoms with E-state index in [0.29, 0.717) is 28.0 Å². The van der Waals surface area contributed by atoms with Crippen LogP contribution in [-0.2, 0) is 0 Å². The van der Waals surface area contributed by atoms with Crippen LogP contribution in [0.3, 0.4) is 0 Å². The molecular weight excluding hydrogens is 465 g/mol. The molecule has 0 spiro atoms. The van der Waals surface area contributed by atoms with Gasteiger partial charge in [0, 0.05) is 29.4 Å². The van der Waals surface area contributed by atoms with Gasteiger partial charge in [0.15, 0.2) is 5.78 Å². The molecule has 1 fully saturated rings. The number of carboxylic acid groups (broad SMARTS) is 1. The first-order valence-electron chi connectivity index (χ1n) is 10.5. The number of hydrogen-bond acceptors (Lipinski definition) is 5. The minimum Gasteiger partial charge on any atom is -0.478 e. The lowest BCUT2D eigenvalue weighted by atomic mass is 9.80. The number of pyridine rings is 1. The summed E-state index contributed by atoms with van der Waals surface area (Å²) in [5, 5.41) is 13.7. The zero-order valence-electron chi connectivity index (χ0n) is 17.9. The third kappa shape index (κ3) is 3.52. The summed E-state index contributed by atoms with van der Waals surface area (Å²) in [7, 11) is 0. The van der Waals surface area contributed by atoms with E-state index in [0.717, 1.165) is 36.1 Å². The minimum absolute atomic E-state index is 0.0200. The molecule has 0 unspecified atom stereocenters. The molecule has 1 saturated carbocycles. The standard InChI is InChI=1S/C24H19Cl2N3O4/c1-11-20(12(2)33-28-11)15-8-19-21(27-9-15)16(23(30)13-4-3-5-13)10-29(19)22-17(25)6-14(24(31)32)7-18(22)26/h6-10,13H,3-5H2,1-2H3,(H,31,32). The van der Waals surface area contributed by atoms with Crippen molar-refractivity contribution in [1.82, 2.24) is 14.7 Å². The second-order valence-corrected chi connectivity index (χ2v) is 9.10. The molecule has 4 aromatic rings. The number of Topliss-reactive ketones (excluding diaryl/α,β-unsaturated/α-hetero) is 1. The molecule has 1 N–H and O–H groups in total. The fourth-order valence-electron chi connectivity index (χ4n) is 4.31. The predicted molar refractivity (Wildman–Crippen MR) is 125 cm³/mol. The quantitative estimate of drug-likeness (QED) is 0.335. The van der Waals surface area contributed by atoms with E-state index in [1.54, 1.807) is 17.0 Å². The van der Waals surface area contributed by atoms with Crippen LogP contribution in [0.2, 0.25) is 10.0 Å². The van der Waals surface area contributed by atoms with E-state index in [-0.39, 0.29) is 27.3 Å². The highest BCUT2D eigenvalue weighted by Crippen LogP contribution is 2.38. The van der Waals surface area contributed by atoms with Gasteiger partial charge in [0.25, 0.3) is 0 Å². The summed E-state index contributed by atoms with van der Waals surface area (Å²) in [4.78, 5) is 29.3. The molecular formula is C24H19Cl2N3O4. The molecule has 1 aromatic carbocycles. The Kier molecular flexibility index (Phi) is 5.26. The van der Waals surface area contributed by atoms with Crippen molar-refractivity contribution >= 4 is 46.0 Å². The van der Waals surface area contributed by atoms with Crippen LogP contribution in [0.1, 0.15) is 51.4 Å². The lowest BCUT2D eigenvalue weighted by Gasteiger charge is -2.23. The number of carbonyl (C=O) groups excluding carboxylic acids is 1. The van der Waals surface area contributed by atoms with Crippen molar-refractivity contribution in [2.75, 3.05) is 0 Å². The van der Waals surface area contributed by atoms with Gasteiger partial charge >= 0.3 is 5.97 Å². The monoisotopic (exact) mass is 483 g/mol. The van der Waals surface area contributed by atoms with Gasteiger partial charge < -0.3 is 14.2 Å². The lowest BCUT2D eigenvalue weighted by Crippen LogP contribution is -2.21. The average molecular weight is 484 g/mol. The topological polar surface area (TPSA) is 98.2 Å². The Morgan fingerprint density at radius 3 is 2.39 bits per heavy atom. The summed E-state index contributed by atoms with van der Waals surface area (Å²) in [6.07, 6.45) is 6.15. The Labute approximate surface area is 198 Å². The molecule has 0 amide bonds. The van der Waals surface area contributed by atoms with Crippen molar-refractivity contribution in [2.45, 2.75) is 33.1 Å². The molecule has 0 saturated heterocycles. The van der Waals surface area contributed by atoms with E-state index in [1.165, 1.54) is 12.1 Å². The second kappa shape index (κ2) is 8.01. The highest BCUT2D eigenvalue weighted by atomic mass is 35.5. The van der Waals surface area contributed by atoms with Crippen molar-refractivity contribution < 1.29 is 19.2 Å². The minimum atomic E-state index is -1.13. The molecule has 168 valence electrons. The SMILES string of the molecule is Cc1noc(C)c1-c1cnc2c(C(=O)C3CCC3)cn(-c3c(Cl)cc(C(=O)O)cc3Cl)c2c1. The van der Waals surface area contributed by atoms with Gasteiger partial charge in [-0.15, -0.1) is 0 Å². The summed E-state index contributed by atoms with van der Waals surface area (Å²) in [6.45, 7) is 3.67. The molecule has 33 heavy (non-hydrogen) atoms.